The van der Waals surface area contributed by atoms with Gasteiger partial charge >= 0.3 is 0 Å². The summed E-state index contributed by atoms with van der Waals surface area (Å²) in [5.74, 6) is 0. The zero-order chi connectivity index (χ0) is 39.4. The molecule has 0 bridgehead atoms. The summed E-state index contributed by atoms with van der Waals surface area (Å²) in [7, 11) is 0. The van der Waals surface area contributed by atoms with E-state index in [9.17, 15) is 0 Å². The number of hydrogen-bond acceptors (Lipinski definition) is 3. The quantitative estimate of drug-likeness (QED) is 0.0813. The van der Waals surface area contributed by atoms with Gasteiger partial charge in [-0.1, -0.05) is 188 Å². The van der Waals surface area contributed by atoms with Gasteiger partial charge in [-0.3, -0.25) is 0 Å². The highest BCUT2D eigenvalue weighted by atomic mass is 32.1. The highest BCUT2D eigenvalue weighted by Crippen LogP contribution is 2.50. The fourth-order valence-electron chi connectivity index (χ4n) is 7.61. The smallest absolute Gasteiger partial charge is 0.0613 e. The van der Waals surface area contributed by atoms with Crippen LogP contribution in [-0.4, -0.2) is 0 Å². The van der Waals surface area contributed by atoms with Gasteiger partial charge in [-0.15, -0.1) is 12.6 Å². The molecular formula is C55H46N2S. The van der Waals surface area contributed by atoms with Gasteiger partial charge in [0.25, 0.3) is 0 Å². The van der Waals surface area contributed by atoms with Crippen LogP contribution in [0.5, 0.6) is 0 Å². The van der Waals surface area contributed by atoms with Crippen molar-refractivity contribution >= 4 is 63.2 Å². The summed E-state index contributed by atoms with van der Waals surface area (Å²) in [6.07, 6.45) is 47.8. The van der Waals surface area contributed by atoms with Crippen molar-refractivity contribution in [2.45, 2.75) is 19.3 Å². The number of hydrogen-bond donors (Lipinski definition) is 1. The molecule has 0 amide bonds. The van der Waals surface area contributed by atoms with E-state index in [0.29, 0.717) is 0 Å². The summed E-state index contributed by atoms with van der Waals surface area (Å²) in [6, 6.07) is 38.7. The molecule has 0 heterocycles. The van der Waals surface area contributed by atoms with Crippen molar-refractivity contribution in [2.24, 2.45) is 0 Å². The lowest BCUT2D eigenvalue weighted by atomic mass is 9.90. The molecule has 3 aliphatic rings. The molecule has 58 heavy (non-hydrogen) atoms. The molecule has 282 valence electrons. The normalized spacial score (nSPS) is 15.2. The lowest BCUT2D eigenvalue weighted by molar-refractivity contribution is 1.03. The first-order chi connectivity index (χ1) is 28.8. The first kappa shape index (κ1) is 38.1. The molecule has 0 unspecified atom stereocenters. The number of allylic oxidation sites excluding steroid dienone is 19. The van der Waals surface area contributed by atoms with E-state index in [2.05, 4.69) is 222 Å². The van der Waals surface area contributed by atoms with E-state index in [0.717, 1.165) is 57.9 Å². The summed E-state index contributed by atoms with van der Waals surface area (Å²) < 4.78 is 0. The topological polar surface area (TPSA) is 6.48 Å². The van der Waals surface area contributed by atoms with Crippen molar-refractivity contribution in [1.29, 1.82) is 0 Å². The summed E-state index contributed by atoms with van der Waals surface area (Å²) >= 11 is 5.11. The third-order valence-electron chi connectivity index (χ3n) is 10.3. The van der Waals surface area contributed by atoms with Crippen molar-refractivity contribution < 1.29 is 0 Å². The monoisotopic (exact) mass is 766 g/mol. The fourth-order valence-corrected chi connectivity index (χ4v) is 7.84. The predicted octanol–water partition coefficient (Wildman–Crippen LogP) is 15.1. The van der Waals surface area contributed by atoms with Gasteiger partial charge in [0, 0.05) is 50.4 Å². The highest BCUT2D eigenvalue weighted by molar-refractivity contribution is 7.90. The largest absolute Gasteiger partial charge is 0.313 e. The number of para-hydroxylation sites is 2. The minimum atomic E-state index is 0.776. The number of benzene rings is 5. The second-order valence-electron chi connectivity index (χ2n) is 14.1. The first-order valence-electron chi connectivity index (χ1n) is 19.9. The third-order valence-corrected chi connectivity index (χ3v) is 10.7. The van der Waals surface area contributed by atoms with Crippen LogP contribution in [-0.2, 0) is 6.42 Å². The predicted molar refractivity (Wildman–Crippen MR) is 256 cm³/mol. The molecule has 5 aromatic carbocycles. The van der Waals surface area contributed by atoms with E-state index < -0.39 is 0 Å². The molecule has 0 aromatic heterocycles. The molecule has 0 fully saturated rings. The second-order valence-corrected chi connectivity index (χ2v) is 14.6. The van der Waals surface area contributed by atoms with Crippen LogP contribution in [0.2, 0.25) is 0 Å². The van der Waals surface area contributed by atoms with E-state index in [1.54, 1.807) is 0 Å². The maximum Gasteiger partial charge on any atom is 0.0613 e. The van der Waals surface area contributed by atoms with E-state index >= 15 is 0 Å². The SMILES string of the molecule is S\C(=C/C=C/C=C/C=C/c1ccccc1)c1ccc2c(N(c3ccccc3)c3ccccc3)c3c(c(N(C4=CCC=CC=C4)C4=CC=CC=CC4)c2c1)C=CC=CC3. The van der Waals surface area contributed by atoms with Crippen LogP contribution in [0.3, 0.4) is 0 Å². The molecule has 8 rings (SSSR count). The third kappa shape index (κ3) is 8.76. The van der Waals surface area contributed by atoms with E-state index in [1.807, 2.05) is 24.3 Å². The van der Waals surface area contributed by atoms with Crippen LogP contribution in [0, 0.1) is 0 Å². The number of thiol groups is 1. The van der Waals surface area contributed by atoms with E-state index in [4.69, 9.17) is 12.6 Å². The Morgan fingerprint density at radius 3 is 2.02 bits per heavy atom. The Morgan fingerprint density at radius 2 is 1.22 bits per heavy atom. The Labute approximate surface area is 349 Å². The van der Waals surface area contributed by atoms with Crippen molar-refractivity contribution in [2.75, 3.05) is 9.80 Å². The Kier molecular flexibility index (Phi) is 12.4. The molecule has 5 aromatic rings. The van der Waals surface area contributed by atoms with Gasteiger partial charge in [0.1, 0.15) is 0 Å². The van der Waals surface area contributed by atoms with Crippen LogP contribution in [0.1, 0.15) is 35.1 Å². The van der Waals surface area contributed by atoms with Crippen molar-refractivity contribution in [3.63, 3.8) is 0 Å². The molecule has 3 heteroatoms. The zero-order valence-corrected chi connectivity index (χ0v) is 33.4. The lowest BCUT2D eigenvalue weighted by Gasteiger charge is -2.35. The van der Waals surface area contributed by atoms with Crippen LogP contribution in [0.4, 0.5) is 22.7 Å². The maximum absolute atomic E-state index is 5.11. The summed E-state index contributed by atoms with van der Waals surface area (Å²) in [4.78, 5) is 5.82. The van der Waals surface area contributed by atoms with Crippen molar-refractivity contribution in [1.82, 2.24) is 0 Å². The minimum absolute atomic E-state index is 0.776. The Bertz CT molecular complexity index is 2590. The first-order valence-corrected chi connectivity index (χ1v) is 20.4. The van der Waals surface area contributed by atoms with Gasteiger partial charge < -0.3 is 9.80 Å². The number of fused-ring (bicyclic) bond motifs is 2. The minimum Gasteiger partial charge on any atom is -0.313 e. The molecule has 0 atom stereocenters. The van der Waals surface area contributed by atoms with Crippen LogP contribution < -0.4 is 9.80 Å². The molecule has 0 saturated carbocycles. The van der Waals surface area contributed by atoms with Gasteiger partial charge in [0.15, 0.2) is 0 Å². The molecular weight excluding hydrogens is 721 g/mol. The van der Waals surface area contributed by atoms with Crippen LogP contribution in [0.25, 0.3) is 27.8 Å². The van der Waals surface area contributed by atoms with E-state index in [-0.39, 0.29) is 0 Å². The Balaban J connectivity index is 1.35. The number of anilines is 4. The van der Waals surface area contributed by atoms with Crippen molar-refractivity contribution in [3.8, 4) is 0 Å². The zero-order valence-electron chi connectivity index (χ0n) is 32.5. The fraction of sp³-hybridized carbons (Fsp3) is 0.0545. The highest BCUT2D eigenvalue weighted by Gasteiger charge is 2.29. The Hall–Kier alpha value is -6.81. The van der Waals surface area contributed by atoms with Gasteiger partial charge in [-0.05, 0) is 78.1 Å². The van der Waals surface area contributed by atoms with Gasteiger partial charge in [-0.25, -0.2) is 0 Å². The molecule has 3 aliphatic carbocycles. The lowest BCUT2D eigenvalue weighted by Crippen LogP contribution is -2.23. The standard InChI is InChI=1S/C55H46N2S/c58-53(39-25-3-1-2-12-26-43-27-13-8-14-28-43)44-40-41-51-52(42-44)55(57(47-29-15-4-5-16-30-47)48-31-17-6-7-18-32-48)50-38-24-11-23-37-49(50)54(51)56(45-33-19-9-20-34-45)46-35-21-10-22-36-46/h1-17,19-29,31-36,38-42,58H,18,30,37H2/b2-1+,25-3+,26-12+,53-39-. The molecule has 0 spiro atoms. The molecule has 0 N–H and O–H groups in total. The average molecular weight is 767 g/mol. The molecule has 0 aliphatic heterocycles. The van der Waals surface area contributed by atoms with Crippen LogP contribution in [0.15, 0.2) is 236 Å². The Morgan fingerprint density at radius 1 is 0.552 bits per heavy atom. The molecule has 0 saturated heterocycles. The second kappa shape index (κ2) is 18.9. The summed E-state index contributed by atoms with van der Waals surface area (Å²) in [6.45, 7) is 0. The van der Waals surface area contributed by atoms with Gasteiger partial charge in [-0.2, -0.15) is 0 Å². The molecule has 0 radical (unpaired) electrons. The van der Waals surface area contributed by atoms with Crippen LogP contribution >= 0.6 is 12.6 Å². The van der Waals surface area contributed by atoms with Gasteiger partial charge in [0.05, 0.1) is 11.4 Å². The number of nitrogens with zero attached hydrogens (tertiary/aromatic N) is 2. The summed E-state index contributed by atoms with van der Waals surface area (Å²) in [5, 5.41) is 2.31. The summed E-state index contributed by atoms with van der Waals surface area (Å²) in [5.41, 5.74) is 11.6. The molecule has 2 nitrogen and oxygen atoms in total. The van der Waals surface area contributed by atoms with E-state index in [1.165, 1.54) is 33.5 Å². The van der Waals surface area contributed by atoms with Crippen molar-refractivity contribution in [3.05, 3.63) is 258 Å². The number of rotatable bonds is 11. The average Bonchev–Trinajstić information content (AvgIpc) is 3.81. The van der Waals surface area contributed by atoms with Gasteiger partial charge in [0.2, 0.25) is 0 Å². The maximum atomic E-state index is 5.11.